The number of ether oxygens (including phenoxy) is 2. The molecule has 0 aliphatic heterocycles. The van der Waals surface area contributed by atoms with Gasteiger partial charge in [-0.2, -0.15) is 0 Å². The quantitative estimate of drug-likeness (QED) is 0.429. The Morgan fingerprint density at radius 2 is 1.75 bits per heavy atom. The Balaban J connectivity index is 1.80. The number of carbonyl (C=O) groups excluding carboxylic acids is 3. The minimum absolute atomic E-state index is 0.0979. The minimum Gasteiger partial charge on any atom is -0.462 e. The molecule has 0 unspecified atom stereocenters. The van der Waals surface area contributed by atoms with E-state index in [4.69, 9.17) is 9.47 Å². The zero-order chi connectivity index (χ0) is 23.1. The number of carbonyl (C=O) groups is 3. The van der Waals surface area contributed by atoms with E-state index in [1.165, 1.54) is 6.08 Å². The number of hydrogen-bond donors (Lipinski definition) is 1. The highest BCUT2D eigenvalue weighted by Crippen LogP contribution is 2.35. The molecular formula is C25H29NO5S. The van der Waals surface area contributed by atoms with Crippen molar-refractivity contribution in [2.45, 2.75) is 59.0 Å². The van der Waals surface area contributed by atoms with Gasteiger partial charge in [0.2, 0.25) is 5.91 Å². The van der Waals surface area contributed by atoms with Crippen molar-refractivity contribution in [2.75, 3.05) is 11.9 Å². The Morgan fingerprint density at radius 3 is 2.41 bits per heavy atom. The number of nitrogens with one attached hydrogen (secondary N) is 1. The number of amides is 1. The number of esters is 2. The monoisotopic (exact) mass is 455 g/mol. The van der Waals surface area contributed by atoms with Crippen LogP contribution in [0.5, 0.6) is 0 Å². The molecule has 1 heterocycles. The van der Waals surface area contributed by atoms with Crippen LogP contribution in [0.1, 0.15) is 75.7 Å². The first-order valence-corrected chi connectivity index (χ1v) is 11.8. The van der Waals surface area contributed by atoms with Gasteiger partial charge in [-0.05, 0) is 63.7 Å². The van der Waals surface area contributed by atoms with Crippen LogP contribution in [0.2, 0.25) is 0 Å². The second-order valence-corrected chi connectivity index (χ2v) is 8.90. The summed E-state index contributed by atoms with van der Waals surface area (Å²) in [5.74, 6) is -1.43. The molecule has 1 aromatic heterocycles. The van der Waals surface area contributed by atoms with Gasteiger partial charge in [0.1, 0.15) is 16.0 Å². The number of benzene rings is 1. The highest BCUT2D eigenvalue weighted by atomic mass is 32.1. The van der Waals surface area contributed by atoms with Crippen molar-refractivity contribution >= 4 is 40.3 Å². The molecule has 1 N–H and O–H groups in total. The summed E-state index contributed by atoms with van der Waals surface area (Å²) in [6.07, 6.45) is 7.95. The van der Waals surface area contributed by atoms with Crippen LogP contribution in [-0.4, -0.2) is 30.6 Å². The number of aryl methyl sites for hydroxylation is 1. The molecule has 1 fully saturated rings. The van der Waals surface area contributed by atoms with Crippen LogP contribution in [0.4, 0.5) is 5.00 Å². The zero-order valence-electron chi connectivity index (χ0n) is 18.7. The first-order valence-electron chi connectivity index (χ1n) is 11.0. The molecule has 7 heteroatoms. The summed E-state index contributed by atoms with van der Waals surface area (Å²) < 4.78 is 10.8. The lowest BCUT2D eigenvalue weighted by molar-refractivity contribution is -0.111. The molecule has 0 atom stereocenters. The number of rotatable bonds is 7. The fourth-order valence-corrected chi connectivity index (χ4v) is 4.72. The molecule has 3 rings (SSSR count). The van der Waals surface area contributed by atoms with Gasteiger partial charge in [-0.15, -0.1) is 11.3 Å². The summed E-state index contributed by atoms with van der Waals surface area (Å²) in [5.41, 5.74) is 2.68. The van der Waals surface area contributed by atoms with Gasteiger partial charge in [0.05, 0.1) is 12.2 Å². The molecule has 32 heavy (non-hydrogen) atoms. The second kappa shape index (κ2) is 11.1. The predicted molar refractivity (Wildman–Crippen MR) is 126 cm³/mol. The van der Waals surface area contributed by atoms with E-state index in [2.05, 4.69) is 5.32 Å². The maximum atomic E-state index is 12.8. The SMILES string of the molecule is CCOC(=O)c1c(NC(=O)/C=C/c2ccc(C)cc2)sc(C(=O)OC2CCCCC2)c1C. The van der Waals surface area contributed by atoms with E-state index in [9.17, 15) is 14.4 Å². The Morgan fingerprint density at radius 1 is 1.06 bits per heavy atom. The van der Waals surface area contributed by atoms with Crippen molar-refractivity contribution < 1.29 is 23.9 Å². The average Bonchev–Trinajstić information content (AvgIpc) is 3.10. The summed E-state index contributed by atoms with van der Waals surface area (Å²) >= 11 is 1.05. The van der Waals surface area contributed by atoms with Gasteiger partial charge >= 0.3 is 11.9 Å². The topological polar surface area (TPSA) is 81.7 Å². The van der Waals surface area contributed by atoms with Crippen molar-refractivity contribution in [1.29, 1.82) is 0 Å². The lowest BCUT2D eigenvalue weighted by Crippen LogP contribution is -2.21. The number of thiophene rings is 1. The van der Waals surface area contributed by atoms with Crippen LogP contribution in [0.3, 0.4) is 0 Å². The van der Waals surface area contributed by atoms with Gasteiger partial charge in [-0.25, -0.2) is 9.59 Å². The summed E-state index contributed by atoms with van der Waals surface area (Å²) in [6.45, 7) is 5.57. The van der Waals surface area contributed by atoms with Crippen LogP contribution in [0.25, 0.3) is 6.08 Å². The molecule has 0 spiro atoms. The van der Waals surface area contributed by atoms with E-state index < -0.39 is 17.8 Å². The molecule has 1 aliphatic carbocycles. The number of hydrogen-bond acceptors (Lipinski definition) is 6. The molecule has 0 bridgehead atoms. The van der Waals surface area contributed by atoms with Gasteiger partial charge in [0, 0.05) is 6.08 Å². The summed E-state index contributed by atoms with van der Waals surface area (Å²) in [6, 6.07) is 7.75. The fraction of sp³-hybridized carbons (Fsp3) is 0.400. The molecule has 2 aromatic rings. The summed E-state index contributed by atoms with van der Waals surface area (Å²) in [5, 5.41) is 3.02. The minimum atomic E-state index is -0.573. The van der Waals surface area contributed by atoms with Gasteiger partial charge in [-0.3, -0.25) is 4.79 Å². The average molecular weight is 456 g/mol. The zero-order valence-corrected chi connectivity index (χ0v) is 19.6. The smallest absolute Gasteiger partial charge is 0.348 e. The van der Waals surface area contributed by atoms with E-state index >= 15 is 0 Å². The standard InChI is InChI=1S/C25H29NO5S/c1-4-30-24(28)21-17(3)22(25(29)31-19-8-6-5-7-9-19)32-23(21)26-20(27)15-14-18-12-10-16(2)11-13-18/h10-15,19H,4-9H2,1-3H3,(H,26,27)/b15-14+. The first kappa shape index (κ1) is 23.7. The van der Waals surface area contributed by atoms with Gasteiger partial charge < -0.3 is 14.8 Å². The molecule has 0 saturated heterocycles. The van der Waals surface area contributed by atoms with Crippen molar-refractivity contribution in [2.24, 2.45) is 0 Å². The van der Waals surface area contributed by atoms with E-state index in [0.29, 0.717) is 10.4 Å². The molecular weight excluding hydrogens is 426 g/mol. The third kappa shape index (κ3) is 6.07. The van der Waals surface area contributed by atoms with Gasteiger partial charge in [0.25, 0.3) is 0 Å². The number of anilines is 1. The lowest BCUT2D eigenvalue weighted by atomic mass is 9.98. The normalized spacial score (nSPS) is 14.3. The van der Waals surface area contributed by atoms with E-state index in [1.54, 1.807) is 19.9 Å². The molecule has 170 valence electrons. The molecule has 1 saturated carbocycles. The van der Waals surface area contributed by atoms with Crippen molar-refractivity contribution in [1.82, 2.24) is 0 Å². The van der Waals surface area contributed by atoms with Gasteiger partial charge in [-0.1, -0.05) is 36.2 Å². The van der Waals surface area contributed by atoms with E-state index in [-0.39, 0.29) is 23.3 Å². The summed E-state index contributed by atoms with van der Waals surface area (Å²) in [7, 11) is 0. The molecule has 1 aliphatic rings. The van der Waals surface area contributed by atoms with Crippen molar-refractivity contribution in [3.05, 3.63) is 57.5 Å². The van der Waals surface area contributed by atoms with Crippen LogP contribution in [-0.2, 0) is 14.3 Å². The highest BCUT2D eigenvalue weighted by Gasteiger charge is 2.28. The van der Waals surface area contributed by atoms with Gasteiger partial charge in [0.15, 0.2) is 0 Å². The lowest BCUT2D eigenvalue weighted by Gasteiger charge is -2.21. The molecule has 1 amide bonds. The predicted octanol–water partition coefficient (Wildman–Crippen LogP) is 5.68. The maximum Gasteiger partial charge on any atom is 0.348 e. The largest absolute Gasteiger partial charge is 0.462 e. The van der Waals surface area contributed by atoms with Crippen LogP contribution in [0, 0.1) is 13.8 Å². The highest BCUT2D eigenvalue weighted by molar-refractivity contribution is 7.18. The van der Waals surface area contributed by atoms with Crippen LogP contribution in [0.15, 0.2) is 30.3 Å². The Kier molecular flexibility index (Phi) is 8.22. The molecule has 1 aromatic carbocycles. The van der Waals surface area contributed by atoms with Crippen molar-refractivity contribution in [3.63, 3.8) is 0 Å². The Labute approximate surface area is 192 Å². The maximum absolute atomic E-state index is 12.8. The third-order valence-corrected chi connectivity index (χ3v) is 6.57. The third-order valence-electron chi connectivity index (χ3n) is 5.38. The van der Waals surface area contributed by atoms with E-state index in [0.717, 1.165) is 54.6 Å². The Hall–Kier alpha value is -2.93. The fourth-order valence-electron chi connectivity index (χ4n) is 3.64. The van der Waals surface area contributed by atoms with Crippen molar-refractivity contribution in [3.8, 4) is 0 Å². The van der Waals surface area contributed by atoms with Crippen LogP contribution < -0.4 is 5.32 Å². The first-order chi connectivity index (χ1) is 15.4. The second-order valence-electron chi connectivity index (χ2n) is 7.88. The molecule has 6 nitrogen and oxygen atoms in total. The molecule has 0 radical (unpaired) electrons. The summed E-state index contributed by atoms with van der Waals surface area (Å²) in [4.78, 5) is 38.2. The van der Waals surface area contributed by atoms with Crippen LogP contribution >= 0.6 is 11.3 Å². The Bertz CT molecular complexity index is 1000. The van der Waals surface area contributed by atoms with E-state index in [1.807, 2.05) is 31.2 Å².